The summed E-state index contributed by atoms with van der Waals surface area (Å²) in [5.41, 5.74) is 1.46. The number of nitrogens with one attached hydrogen (secondary N) is 1. The average molecular weight is 383 g/mol. The van der Waals surface area contributed by atoms with Gasteiger partial charge in [-0.25, -0.2) is 13.6 Å². The lowest BCUT2D eigenvalue weighted by Gasteiger charge is -2.55. The van der Waals surface area contributed by atoms with Gasteiger partial charge in [-0.1, -0.05) is 12.1 Å². The highest BCUT2D eigenvalue weighted by Crippen LogP contribution is 2.57. The predicted molar refractivity (Wildman–Crippen MR) is 103 cm³/mol. The van der Waals surface area contributed by atoms with Crippen LogP contribution in [0.4, 0.5) is 19.3 Å². The van der Waals surface area contributed by atoms with Gasteiger partial charge in [0, 0.05) is 11.8 Å². The fourth-order valence-corrected chi connectivity index (χ4v) is 5.96. The van der Waals surface area contributed by atoms with Crippen LogP contribution in [0, 0.1) is 29.4 Å². The van der Waals surface area contributed by atoms with Crippen LogP contribution < -0.4 is 5.32 Å². The highest BCUT2D eigenvalue weighted by molar-refractivity contribution is 5.85. The van der Waals surface area contributed by atoms with Crippen LogP contribution in [0.15, 0.2) is 42.5 Å². The molecule has 0 aromatic heterocycles. The Morgan fingerprint density at radius 2 is 1.39 bits per heavy atom. The molecule has 2 aromatic rings. The van der Waals surface area contributed by atoms with Crippen LogP contribution in [0.2, 0.25) is 0 Å². The van der Waals surface area contributed by atoms with Crippen molar-refractivity contribution in [3.63, 3.8) is 0 Å². The maximum absolute atomic E-state index is 13.4. The van der Waals surface area contributed by atoms with Crippen LogP contribution in [-0.4, -0.2) is 11.7 Å². The van der Waals surface area contributed by atoms with Gasteiger partial charge >= 0.3 is 6.09 Å². The van der Waals surface area contributed by atoms with Gasteiger partial charge in [0.25, 0.3) is 0 Å². The molecule has 1 amide bonds. The third-order valence-electron chi connectivity index (χ3n) is 6.62. The Bertz CT molecular complexity index is 854. The van der Waals surface area contributed by atoms with Crippen molar-refractivity contribution in [1.82, 2.24) is 0 Å². The first kappa shape index (κ1) is 17.7. The molecule has 3 nitrogen and oxygen atoms in total. The summed E-state index contributed by atoms with van der Waals surface area (Å²) in [6.07, 6.45) is 6.47. The average Bonchev–Trinajstić information content (AvgIpc) is 2.59. The highest BCUT2D eigenvalue weighted by Gasteiger charge is 2.53. The molecule has 146 valence electrons. The maximum atomic E-state index is 13.4. The van der Waals surface area contributed by atoms with Crippen LogP contribution in [0.5, 0.6) is 0 Å². The molecule has 4 saturated carbocycles. The van der Waals surface area contributed by atoms with E-state index in [1.54, 1.807) is 24.3 Å². The minimum absolute atomic E-state index is 0.280. The summed E-state index contributed by atoms with van der Waals surface area (Å²) in [4.78, 5) is 12.5. The topological polar surface area (TPSA) is 38.3 Å². The standard InChI is InChI=1S/C23H23F2NO2/c24-19-8-18(9-20(25)10-19)17-1-3-21(4-2-17)26-22(27)28-23-11-14-5-15(12-23)7-16(6-14)13-23/h1-4,8-10,14-16H,5-7,11-13H2,(H,26,27). The fourth-order valence-electron chi connectivity index (χ4n) is 5.96. The smallest absolute Gasteiger partial charge is 0.412 e. The van der Waals surface area contributed by atoms with Gasteiger partial charge in [0.15, 0.2) is 0 Å². The van der Waals surface area contributed by atoms with Crippen LogP contribution in [0.1, 0.15) is 38.5 Å². The van der Waals surface area contributed by atoms with E-state index in [1.165, 1.54) is 31.4 Å². The molecule has 2 aromatic carbocycles. The van der Waals surface area contributed by atoms with Crippen molar-refractivity contribution < 1.29 is 18.3 Å². The molecular formula is C23H23F2NO2. The molecule has 0 unspecified atom stereocenters. The summed E-state index contributed by atoms with van der Waals surface area (Å²) in [6, 6.07) is 10.3. The molecule has 0 aliphatic heterocycles. The third-order valence-corrected chi connectivity index (χ3v) is 6.62. The van der Waals surface area contributed by atoms with E-state index < -0.39 is 17.7 Å². The number of hydrogen-bond acceptors (Lipinski definition) is 2. The Balaban J connectivity index is 1.26. The zero-order valence-corrected chi connectivity index (χ0v) is 15.6. The number of benzene rings is 2. The maximum Gasteiger partial charge on any atom is 0.412 e. The van der Waals surface area contributed by atoms with Gasteiger partial charge in [-0.15, -0.1) is 0 Å². The number of carbonyl (C=O) groups is 1. The van der Waals surface area contributed by atoms with Gasteiger partial charge in [0.05, 0.1) is 0 Å². The van der Waals surface area contributed by atoms with Gasteiger partial charge in [-0.2, -0.15) is 0 Å². The minimum atomic E-state index is -0.614. The second-order valence-corrected chi connectivity index (χ2v) is 8.85. The van der Waals surface area contributed by atoms with Crippen LogP contribution >= 0.6 is 0 Å². The molecular weight excluding hydrogens is 360 g/mol. The van der Waals surface area contributed by atoms with Crippen molar-refractivity contribution in [2.45, 2.75) is 44.1 Å². The summed E-state index contributed by atoms with van der Waals surface area (Å²) in [6.45, 7) is 0. The lowest BCUT2D eigenvalue weighted by molar-refractivity contribution is -0.124. The number of anilines is 1. The molecule has 0 spiro atoms. The van der Waals surface area contributed by atoms with E-state index in [9.17, 15) is 13.6 Å². The number of carbonyl (C=O) groups excluding carboxylic acids is 1. The van der Waals surface area contributed by atoms with Gasteiger partial charge in [-0.3, -0.25) is 5.32 Å². The van der Waals surface area contributed by atoms with Gasteiger partial charge in [0.2, 0.25) is 0 Å². The van der Waals surface area contributed by atoms with E-state index in [0.717, 1.165) is 25.3 Å². The molecule has 0 atom stereocenters. The van der Waals surface area contributed by atoms with E-state index >= 15 is 0 Å². The van der Waals surface area contributed by atoms with Crippen molar-refractivity contribution in [3.8, 4) is 11.1 Å². The Kier molecular flexibility index (Phi) is 4.14. The lowest BCUT2D eigenvalue weighted by Crippen LogP contribution is -2.53. The van der Waals surface area contributed by atoms with Crippen molar-refractivity contribution in [3.05, 3.63) is 54.1 Å². The number of amides is 1. The van der Waals surface area contributed by atoms with E-state index in [4.69, 9.17) is 4.74 Å². The number of halogens is 2. The molecule has 6 rings (SSSR count). The molecule has 4 fully saturated rings. The summed E-state index contributed by atoms with van der Waals surface area (Å²) < 4.78 is 32.8. The molecule has 5 heteroatoms. The monoisotopic (exact) mass is 383 g/mol. The Labute approximate surface area is 163 Å². The molecule has 0 radical (unpaired) electrons. The lowest BCUT2D eigenvalue weighted by atomic mass is 9.54. The van der Waals surface area contributed by atoms with E-state index in [1.807, 2.05) is 0 Å². The van der Waals surface area contributed by atoms with E-state index in [2.05, 4.69) is 5.32 Å². The van der Waals surface area contributed by atoms with Crippen molar-refractivity contribution in [2.75, 3.05) is 5.32 Å². The Morgan fingerprint density at radius 3 is 1.93 bits per heavy atom. The SMILES string of the molecule is O=C(Nc1ccc(-c2cc(F)cc(F)c2)cc1)OC12CC3CC(CC(C3)C1)C2. The van der Waals surface area contributed by atoms with E-state index in [0.29, 0.717) is 34.6 Å². The summed E-state index contributed by atoms with van der Waals surface area (Å²) in [5.74, 6) is 0.910. The third kappa shape index (κ3) is 3.38. The van der Waals surface area contributed by atoms with Gasteiger partial charge in [-0.05, 0) is 91.7 Å². The first-order valence-electron chi connectivity index (χ1n) is 10.0. The second kappa shape index (κ2) is 6.57. The summed E-state index contributed by atoms with van der Waals surface area (Å²) >= 11 is 0. The second-order valence-electron chi connectivity index (χ2n) is 8.85. The van der Waals surface area contributed by atoms with Crippen LogP contribution in [0.3, 0.4) is 0 Å². The normalized spacial score (nSPS) is 30.3. The molecule has 28 heavy (non-hydrogen) atoms. The fraction of sp³-hybridized carbons (Fsp3) is 0.435. The molecule has 4 bridgehead atoms. The zero-order chi connectivity index (χ0) is 19.3. The van der Waals surface area contributed by atoms with E-state index in [-0.39, 0.29) is 5.60 Å². The minimum Gasteiger partial charge on any atom is -0.443 e. The van der Waals surface area contributed by atoms with Crippen molar-refractivity contribution in [2.24, 2.45) is 17.8 Å². The number of rotatable bonds is 3. The van der Waals surface area contributed by atoms with Gasteiger partial charge in [0.1, 0.15) is 17.2 Å². The summed E-state index contributed by atoms with van der Waals surface area (Å²) in [7, 11) is 0. The van der Waals surface area contributed by atoms with Crippen molar-refractivity contribution >= 4 is 11.8 Å². The predicted octanol–water partition coefficient (Wildman–Crippen LogP) is 6.15. The Hall–Kier alpha value is -2.43. The van der Waals surface area contributed by atoms with Crippen LogP contribution in [-0.2, 0) is 4.74 Å². The molecule has 4 aliphatic carbocycles. The quantitative estimate of drug-likeness (QED) is 0.690. The molecule has 0 heterocycles. The first-order chi connectivity index (χ1) is 13.5. The Morgan fingerprint density at radius 1 is 0.857 bits per heavy atom. The first-order valence-corrected chi connectivity index (χ1v) is 10.0. The summed E-state index contributed by atoms with van der Waals surface area (Å²) in [5, 5.41) is 2.81. The number of ether oxygens (including phenoxy) is 1. The van der Waals surface area contributed by atoms with Crippen molar-refractivity contribution in [1.29, 1.82) is 0 Å². The van der Waals surface area contributed by atoms with Gasteiger partial charge < -0.3 is 4.74 Å². The molecule has 1 N–H and O–H groups in total. The molecule has 4 aliphatic rings. The number of hydrogen-bond donors (Lipinski definition) is 1. The largest absolute Gasteiger partial charge is 0.443 e. The zero-order valence-electron chi connectivity index (χ0n) is 15.6. The van der Waals surface area contributed by atoms with Crippen LogP contribution in [0.25, 0.3) is 11.1 Å². The molecule has 0 saturated heterocycles. The highest BCUT2D eigenvalue weighted by atomic mass is 19.1.